The van der Waals surface area contributed by atoms with Crippen molar-refractivity contribution in [3.63, 3.8) is 0 Å². The van der Waals surface area contributed by atoms with Crippen LogP contribution in [0.5, 0.6) is 5.75 Å². The molecule has 2 aromatic rings. The van der Waals surface area contributed by atoms with Crippen molar-refractivity contribution in [1.29, 1.82) is 0 Å². The van der Waals surface area contributed by atoms with Crippen molar-refractivity contribution < 1.29 is 4.74 Å². The Bertz CT molecular complexity index is 437. The second kappa shape index (κ2) is 3.05. The van der Waals surface area contributed by atoms with Gasteiger partial charge in [0.05, 0.1) is 7.11 Å². The molecule has 0 aliphatic rings. The number of nitrogens with zero attached hydrogens (tertiary/aromatic N) is 1. The Labute approximate surface area is 77.2 Å². The molecule has 1 heterocycles. The molecule has 2 nitrogen and oxygen atoms in total. The third-order valence-corrected chi connectivity index (χ3v) is 2.18. The van der Waals surface area contributed by atoms with Gasteiger partial charge in [0.25, 0.3) is 0 Å². The predicted molar refractivity (Wildman–Crippen MR) is 53.0 cm³/mol. The van der Waals surface area contributed by atoms with E-state index in [0.717, 1.165) is 11.1 Å². The summed E-state index contributed by atoms with van der Waals surface area (Å²) in [6.07, 6.45) is 3.70. The second-order valence-corrected chi connectivity index (χ2v) is 3.01. The maximum atomic E-state index is 5.24. The highest BCUT2D eigenvalue weighted by Gasteiger charge is 2.01. The Balaban J connectivity index is 2.84. The van der Waals surface area contributed by atoms with Crippen LogP contribution < -0.4 is 4.74 Å². The van der Waals surface area contributed by atoms with Crippen molar-refractivity contribution in [3.8, 4) is 5.75 Å². The van der Waals surface area contributed by atoms with E-state index in [2.05, 4.69) is 18.0 Å². The van der Waals surface area contributed by atoms with Crippen LogP contribution in [0.3, 0.4) is 0 Å². The van der Waals surface area contributed by atoms with Gasteiger partial charge >= 0.3 is 0 Å². The molecule has 13 heavy (non-hydrogen) atoms. The molecule has 1 aromatic carbocycles. The number of hydrogen-bond acceptors (Lipinski definition) is 2. The molecule has 2 rings (SSSR count). The molecule has 66 valence electrons. The molecule has 0 fully saturated rings. The van der Waals surface area contributed by atoms with Gasteiger partial charge in [-0.1, -0.05) is 12.1 Å². The van der Waals surface area contributed by atoms with Crippen LogP contribution in [0.1, 0.15) is 5.56 Å². The van der Waals surface area contributed by atoms with E-state index in [1.54, 1.807) is 7.11 Å². The van der Waals surface area contributed by atoms with Gasteiger partial charge in [0.2, 0.25) is 0 Å². The lowest BCUT2D eigenvalue weighted by molar-refractivity contribution is 0.419. The Morgan fingerprint density at radius 1 is 1.15 bits per heavy atom. The highest BCUT2D eigenvalue weighted by atomic mass is 16.5. The number of fused-ring (bicyclic) bond motifs is 1. The smallest absolute Gasteiger partial charge is 0.128 e. The number of ether oxygens (including phenoxy) is 1. The van der Waals surface area contributed by atoms with Crippen LogP contribution >= 0.6 is 0 Å². The zero-order valence-electron chi connectivity index (χ0n) is 7.74. The maximum absolute atomic E-state index is 5.24. The first-order chi connectivity index (χ1) is 6.33. The number of aryl methyl sites for hydroxylation is 1. The van der Waals surface area contributed by atoms with E-state index in [1.165, 1.54) is 10.9 Å². The summed E-state index contributed by atoms with van der Waals surface area (Å²) in [4.78, 5) is 4.14. The van der Waals surface area contributed by atoms with E-state index < -0.39 is 0 Å². The van der Waals surface area contributed by atoms with Crippen molar-refractivity contribution in [2.45, 2.75) is 6.92 Å². The van der Waals surface area contributed by atoms with E-state index in [0.29, 0.717) is 0 Å². The first-order valence-electron chi connectivity index (χ1n) is 4.20. The van der Waals surface area contributed by atoms with Crippen molar-refractivity contribution in [3.05, 3.63) is 36.2 Å². The van der Waals surface area contributed by atoms with Gasteiger partial charge < -0.3 is 4.74 Å². The SMILES string of the molecule is COc1cccc2c(C)cncc12. The highest BCUT2D eigenvalue weighted by molar-refractivity contribution is 5.89. The lowest BCUT2D eigenvalue weighted by Gasteiger charge is -2.05. The van der Waals surface area contributed by atoms with Crippen LogP contribution in [0, 0.1) is 6.92 Å². The Hall–Kier alpha value is -1.57. The number of methoxy groups -OCH3 is 1. The molecule has 0 saturated carbocycles. The molecule has 0 aliphatic heterocycles. The van der Waals surface area contributed by atoms with Crippen LogP contribution in [-0.4, -0.2) is 12.1 Å². The largest absolute Gasteiger partial charge is 0.496 e. The summed E-state index contributed by atoms with van der Waals surface area (Å²) < 4.78 is 5.24. The summed E-state index contributed by atoms with van der Waals surface area (Å²) in [5.74, 6) is 0.883. The van der Waals surface area contributed by atoms with E-state index in [9.17, 15) is 0 Å². The van der Waals surface area contributed by atoms with Gasteiger partial charge in [-0.05, 0) is 23.9 Å². The highest BCUT2D eigenvalue weighted by Crippen LogP contribution is 2.25. The quantitative estimate of drug-likeness (QED) is 0.661. The number of aromatic nitrogens is 1. The zero-order chi connectivity index (χ0) is 9.26. The molecule has 0 saturated heterocycles. The van der Waals surface area contributed by atoms with Crippen LogP contribution in [-0.2, 0) is 0 Å². The van der Waals surface area contributed by atoms with E-state index in [1.807, 2.05) is 24.5 Å². The maximum Gasteiger partial charge on any atom is 0.128 e. The van der Waals surface area contributed by atoms with Gasteiger partial charge in [-0.15, -0.1) is 0 Å². The molecule has 2 heteroatoms. The molecular formula is C11H11NO. The Morgan fingerprint density at radius 3 is 2.77 bits per heavy atom. The van der Waals surface area contributed by atoms with Crippen molar-refractivity contribution in [1.82, 2.24) is 4.98 Å². The van der Waals surface area contributed by atoms with Gasteiger partial charge in [-0.3, -0.25) is 4.98 Å². The topological polar surface area (TPSA) is 22.1 Å². The first kappa shape index (κ1) is 8.05. The predicted octanol–water partition coefficient (Wildman–Crippen LogP) is 2.55. The normalized spacial score (nSPS) is 10.3. The Morgan fingerprint density at radius 2 is 2.00 bits per heavy atom. The fourth-order valence-electron chi connectivity index (χ4n) is 1.49. The third kappa shape index (κ3) is 1.24. The lowest BCUT2D eigenvalue weighted by Crippen LogP contribution is -1.87. The number of hydrogen-bond donors (Lipinski definition) is 0. The van der Waals surface area contributed by atoms with Crippen LogP contribution in [0.2, 0.25) is 0 Å². The molecule has 0 N–H and O–H groups in total. The van der Waals surface area contributed by atoms with Crippen molar-refractivity contribution >= 4 is 10.8 Å². The van der Waals surface area contributed by atoms with Crippen LogP contribution in [0.25, 0.3) is 10.8 Å². The Kier molecular flexibility index (Phi) is 1.89. The van der Waals surface area contributed by atoms with Crippen LogP contribution in [0.4, 0.5) is 0 Å². The molecule has 0 aliphatic carbocycles. The molecule has 0 spiro atoms. The minimum Gasteiger partial charge on any atom is -0.496 e. The summed E-state index contributed by atoms with van der Waals surface area (Å²) in [6, 6.07) is 6.02. The van der Waals surface area contributed by atoms with Crippen LogP contribution in [0.15, 0.2) is 30.6 Å². The minimum absolute atomic E-state index is 0.883. The van der Waals surface area contributed by atoms with Crippen molar-refractivity contribution in [2.24, 2.45) is 0 Å². The molecule has 1 aromatic heterocycles. The summed E-state index contributed by atoms with van der Waals surface area (Å²) in [7, 11) is 1.68. The third-order valence-electron chi connectivity index (χ3n) is 2.18. The lowest BCUT2D eigenvalue weighted by atomic mass is 10.1. The average molecular weight is 173 g/mol. The van der Waals surface area contributed by atoms with E-state index in [-0.39, 0.29) is 0 Å². The number of rotatable bonds is 1. The number of pyridine rings is 1. The summed E-state index contributed by atoms with van der Waals surface area (Å²) >= 11 is 0. The number of benzene rings is 1. The molecule has 0 bridgehead atoms. The van der Waals surface area contributed by atoms with Gasteiger partial charge in [0, 0.05) is 17.8 Å². The second-order valence-electron chi connectivity index (χ2n) is 3.01. The van der Waals surface area contributed by atoms with E-state index in [4.69, 9.17) is 4.74 Å². The molecule has 0 amide bonds. The summed E-state index contributed by atoms with van der Waals surface area (Å²) in [6.45, 7) is 2.05. The van der Waals surface area contributed by atoms with E-state index >= 15 is 0 Å². The first-order valence-corrected chi connectivity index (χ1v) is 4.20. The summed E-state index contributed by atoms with van der Waals surface area (Å²) in [5.41, 5.74) is 1.18. The molecule has 0 unspecified atom stereocenters. The van der Waals surface area contributed by atoms with Gasteiger partial charge in [0.15, 0.2) is 0 Å². The fourth-order valence-corrected chi connectivity index (χ4v) is 1.49. The van der Waals surface area contributed by atoms with Gasteiger partial charge in [0.1, 0.15) is 5.75 Å². The zero-order valence-corrected chi connectivity index (χ0v) is 7.74. The van der Waals surface area contributed by atoms with Gasteiger partial charge in [-0.2, -0.15) is 0 Å². The molecular weight excluding hydrogens is 162 g/mol. The molecule has 0 atom stereocenters. The van der Waals surface area contributed by atoms with Crippen molar-refractivity contribution in [2.75, 3.05) is 7.11 Å². The monoisotopic (exact) mass is 173 g/mol. The fraction of sp³-hybridized carbons (Fsp3) is 0.182. The summed E-state index contributed by atoms with van der Waals surface area (Å²) in [5, 5.41) is 2.28. The minimum atomic E-state index is 0.883. The average Bonchev–Trinajstić information content (AvgIpc) is 2.18. The standard InChI is InChI=1S/C11H11NO/c1-8-6-12-7-10-9(8)4-3-5-11(10)13-2/h3-7H,1-2H3. The van der Waals surface area contributed by atoms with Gasteiger partial charge in [-0.25, -0.2) is 0 Å². The molecule has 0 radical (unpaired) electrons.